The van der Waals surface area contributed by atoms with Crippen molar-refractivity contribution in [2.45, 2.75) is 52.6 Å². The quantitative estimate of drug-likeness (QED) is 0.256. The van der Waals surface area contributed by atoms with Crippen molar-refractivity contribution in [3.8, 4) is 11.1 Å². The average Bonchev–Trinajstić information content (AvgIpc) is 2.97. The SMILES string of the molecule is CCC(C)C(N)C(=O)Nc1ccccc1-c1ccccc1NC(=O)C=C1c2ccccc2C(=O)NC1C(C)CC. The van der Waals surface area contributed by atoms with Crippen LogP contribution in [0.5, 0.6) is 0 Å². The van der Waals surface area contributed by atoms with Crippen LogP contribution in [0.25, 0.3) is 16.7 Å². The number of amides is 3. The second-order valence-electron chi connectivity index (χ2n) is 10.5. The Morgan fingerprint density at radius 2 is 1.35 bits per heavy atom. The number of hydrogen-bond acceptors (Lipinski definition) is 4. The average molecular weight is 539 g/mol. The van der Waals surface area contributed by atoms with Gasteiger partial charge in [0.15, 0.2) is 0 Å². The van der Waals surface area contributed by atoms with Gasteiger partial charge in [-0.05, 0) is 41.2 Å². The normalized spacial score (nSPS) is 17.8. The number of carbonyl (C=O) groups excluding carboxylic acids is 3. The smallest absolute Gasteiger partial charge is 0.252 e. The lowest BCUT2D eigenvalue weighted by molar-refractivity contribution is -0.118. The Morgan fingerprint density at radius 3 is 1.93 bits per heavy atom. The fourth-order valence-corrected chi connectivity index (χ4v) is 4.94. The predicted molar refractivity (Wildman–Crippen MR) is 162 cm³/mol. The van der Waals surface area contributed by atoms with Crippen molar-refractivity contribution in [1.82, 2.24) is 5.32 Å². The Morgan fingerprint density at radius 1 is 0.825 bits per heavy atom. The maximum absolute atomic E-state index is 13.5. The van der Waals surface area contributed by atoms with Crippen LogP contribution >= 0.6 is 0 Å². The standard InChI is InChI=1S/C33H38N4O3/c1-5-20(3)30(34)33(40)36-28-18-12-10-15-24(28)23-14-9-11-17-27(23)35-29(38)19-26-22-13-7-8-16-25(22)32(39)37-31(26)21(4)6-2/h7-21,30-31H,5-6,34H2,1-4H3,(H,35,38)(H,36,40)(H,37,39). The van der Waals surface area contributed by atoms with Crippen LogP contribution in [0.4, 0.5) is 11.4 Å². The van der Waals surface area contributed by atoms with Crippen LogP contribution in [0.3, 0.4) is 0 Å². The third kappa shape index (κ3) is 6.15. The second-order valence-corrected chi connectivity index (χ2v) is 10.5. The molecule has 4 unspecified atom stereocenters. The first kappa shape index (κ1) is 28.8. The Balaban J connectivity index is 1.67. The molecule has 4 rings (SSSR count). The molecule has 1 aliphatic heterocycles. The van der Waals surface area contributed by atoms with E-state index in [-0.39, 0.29) is 35.6 Å². The zero-order valence-electron chi connectivity index (χ0n) is 23.5. The molecule has 7 heteroatoms. The molecule has 5 N–H and O–H groups in total. The van der Waals surface area contributed by atoms with Gasteiger partial charge in [0, 0.05) is 34.1 Å². The van der Waals surface area contributed by atoms with E-state index in [1.165, 1.54) is 0 Å². The highest BCUT2D eigenvalue weighted by Crippen LogP contribution is 2.35. The summed E-state index contributed by atoms with van der Waals surface area (Å²) in [4.78, 5) is 39.1. The van der Waals surface area contributed by atoms with E-state index in [2.05, 4.69) is 29.8 Å². The summed E-state index contributed by atoms with van der Waals surface area (Å²) in [5.74, 6) is -0.499. The van der Waals surface area contributed by atoms with E-state index in [1.807, 2.05) is 80.6 Å². The van der Waals surface area contributed by atoms with Crippen molar-refractivity contribution >= 4 is 34.7 Å². The van der Waals surface area contributed by atoms with Gasteiger partial charge in [-0.3, -0.25) is 14.4 Å². The van der Waals surface area contributed by atoms with Gasteiger partial charge in [-0.1, -0.05) is 95.1 Å². The fourth-order valence-electron chi connectivity index (χ4n) is 4.94. The molecule has 1 aliphatic rings. The zero-order valence-corrected chi connectivity index (χ0v) is 23.5. The van der Waals surface area contributed by atoms with E-state index in [4.69, 9.17) is 5.73 Å². The van der Waals surface area contributed by atoms with Gasteiger partial charge < -0.3 is 21.7 Å². The van der Waals surface area contributed by atoms with Gasteiger partial charge in [-0.2, -0.15) is 0 Å². The molecule has 3 aromatic rings. The first-order chi connectivity index (χ1) is 19.2. The number of fused-ring (bicyclic) bond motifs is 1. The lowest BCUT2D eigenvalue weighted by Gasteiger charge is -2.32. The third-order valence-electron chi connectivity index (χ3n) is 7.82. The maximum Gasteiger partial charge on any atom is 0.252 e. The summed E-state index contributed by atoms with van der Waals surface area (Å²) in [6.45, 7) is 8.10. The van der Waals surface area contributed by atoms with Crippen molar-refractivity contribution < 1.29 is 14.4 Å². The number of carbonyl (C=O) groups is 3. The summed E-state index contributed by atoms with van der Waals surface area (Å²) < 4.78 is 0. The number of para-hydroxylation sites is 2. The molecule has 0 radical (unpaired) electrons. The minimum atomic E-state index is -0.628. The largest absolute Gasteiger partial charge is 0.345 e. The van der Waals surface area contributed by atoms with E-state index in [0.29, 0.717) is 16.9 Å². The summed E-state index contributed by atoms with van der Waals surface area (Å²) in [6.07, 6.45) is 3.23. The highest BCUT2D eigenvalue weighted by molar-refractivity contribution is 6.11. The summed E-state index contributed by atoms with van der Waals surface area (Å²) in [5, 5.41) is 9.11. The Hall–Kier alpha value is -4.23. The topological polar surface area (TPSA) is 113 Å². The summed E-state index contributed by atoms with van der Waals surface area (Å²) in [6, 6.07) is 21.4. The lowest BCUT2D eigenvalue weighted by atomic mass is 9.82. The number of anilines is 2. The van der Waals surface area contributed by atoms with Crippen LogP contribution in [0.1, 0.15) is 56.5 Å². The summed E-state index contributed by atoms with van der Waals surface area (Å²) in [5.41, 5.74) is 11.0. The molecule has 0 fully saturated rings. The van der Waals surface area contributed by atoms with Gasteiger partial charge in [0.2, 0.25) is 11.8 Å². The van der Waals surface area contributed by atoms with Gasteiger partial charge >= 0.3 is 0 Å². The second kappa shape index (κ2) is 12.7. The van der Waals surface area contributed by atoms with Crippen LogP contribution < -0.4 is 21.7 Å². The Bertz CT molecular complexity index is 1430. The zero-order chi connectivity index (χ0) is 28.8. The molecule has 0 aromatic heterocycles. The van der Waals surface area contributed by atoms with Crippen molar-refractivity contribution in [3.05, 3.63) is 90.0 Å². The van der Waals surface area contributed by atoms with Gasteiger partial charge in [0.05, 0.1) is 12.1 Å². The molecule has 7 nitrogen and oxygen atoms in total. The molecular weight excluding hydrogens is 500 g/mol. The molecule has 4 atom stereocenters. The molecule has 3 amide bonds. The number of nitrogens with two attached hydrogens (primary N) is 1. The molecule has 0 spiro atoms. The van der Waals surface area contributed by atoms with Crippen LogP contribution in [0.2, 0.25) is 0 Å². The van der Waals surface area contributed by atoms with E-state index < -0.39 is 6.04 Å². The molecule has 0 saturated carbocycles. The first-order valence-corrected chi connectivity index (χ1v) is 13.9. The van der Waals surface area contributed by atoms with Gasteiger partial charge in [-0.15, -0.1) is 0 Å². The summed E-state index contributed by atoms with van der Waals surface area (Å²) in [7, 11) is 0. The minimum Gasteiger partial charge on any atom is -0.345 e. The molecule has 1 heterocycles. The van der Waals surface area contributed by atoms with Gasteiger partial charge in [-0.25, -0.2) is 0 Å². The van der Waals surface area contributed by atoms with E-state index >= 15 is 0 Å². The van der Waals surface area contributed by atoms with Crippen LogP contribution in [-0.4, -0.2) is 29.8 Å². The lowest BCUT2D eigenvalue weighted by Crippen LogP contribution is -2.44. The van der Waals surface area contributed by atoms with Crippen molar-refractivity contribution in [3.63, 3.8) is 0 Å². The van der Waals surface area contributed by atoms with Gasteiger partial charge in [0.25, 0.3) is 5.91 Å². The number of rotatable bonds is 9. The monoisotopic (exact) mass is 538 g/mol. The van der Waals surface area contributed by atoms with Gasteiger partial charge in [0.1, 0.15) is 0 Å². The van der Waals surface area contributed by atoms with Crippen LogP contribution in [0.15, 0.2) is 78.9 Å². The Kier molecular flexibility index (Phi) is 9.17. The molecule has 3 aromatic carbocycles. The van der Waals surface area contributed by atoms with E-state index in [0.717, 1.165) is 35.1 Å². The van der Waals surface area contributed by atoms with Crippen molar-refractivity contribution in [2.75, 3.05) is 10.6 Å². The molecule has 0 aliphatic carbocycles. The molecule has 208 valence electrons. The first-order valence-electron chi connectivity index (χ1n) is 13.9. The Labute approximate surface area is 236 Å². The van der Waals surface area contributed by atoms with E-state index in [1.54, 1.807) is 12.1 Å². The number of hydrogen-bond donors (Lipinski definition) is 4. The number of nitrogens with one attached hydrogen (secondary N) is 3. The third-order valence-corrected chi connectivity index (χ3v) is 7.82. The van der Waals surface area contributed by atoms with E-state index in [9.17, 15) is 14.4 Å². The maximum atomic E-state index is 13.5. The van der Waals surface area contributed by atoms with Crippen LogP contribution in [0, 0.1) is 11.8 Å². The molecule has 40 heavy (non-hydrogen) atoms. The molecular formula is C33H38N4O3. The van der Waals surface area contributed by atoms with Crippen LogP contribution in [-0.2, 0) is 9.59 Å². The summed E-state index contributed by atoms with van der Waals surface area (Å²) >= 11 is 0. The van der Waals surface area contributed by atoms with Crippen molar-refractivity contribution in [2.24, 2.45) is 17.6 Å². The minimum absolute atomic E-state index is 0.0423. The highest BCUT2D eigenvalue weighted by atomic mass is 16.2. The molecule has 0 saturated heterocycles. The fraction of sp³-hybridized carbons (Fsp3) is 0.303. The highest BCUT2D eigenvalue weighted by Gasteiger charge is 2.32. The van der Waals surface area contributed by atoms with Crippen molar-refractivity contribution in [1.29, 1.82) is 0 Å². The molecule has 0 bridgehead atoms. The predicted octanol–water partition coefficient (Wildman–Crippen LogP) is 5.85. The number of benzene rings is 3.